The van der Waals surface area contributed by atoms with Crippen LogP contribution in [0.3, 0.4) is 0 Å². The number of anilines is 1. The van der Waals surface area contributed by atoms with E-state index in [-0.39, 0.29) is 11.7 Å². The highest BCUT2D eigenvalue weighted by atomic mass is 16.7. The van der Waals surface area contributed by atoms with Crippen LogP contribution < -0.4 is 5.32 Å². The number of aliphatic hydroxyl groups is 2. The van der Waals surface area contributed by atoms with Crippen LogP contribution in [0.15, 0.2) is 43.0 Å². The van der Waals surface area contributed by atoms with Gasteiger partial charge in [0.1, 0.15) is 24.6 Å². The number of amides is 1. The highest BCUT2D eigenvalue weighted by Crippen LogP contribution is 2.34. The van der Waals surface area contributed by atoms with E-state index in [2.05, 4.69) is 20.3 Å². The Morgan fingerprint density at radius 3 is 2.60 bits per heavy atom. The van der Waals surface area contributed by atoms with E-state index in [0.717, 1.165) is 0 Å². The minimum atomic E-state index is -1.21. The van der Waals surface area contributed by atoms with Gasteiger partial charge in [-0.1, -0.05) is 18.2 Å². The molecule has 1 fully saturated rings. The van der Waals surface area contributed by atoms with Gasteiger partial charge in [-0.05, 0) is 32.9 Å². The van der Waals surface area contributed by atoms with E-state index in [9.17, 15) is 19.8 Å². The summed E-state index contributed by atoms with van der Waals surface area (Å²) in [6.07, 6.45) is -1.44. The zero-order valence-electron chi connectivity index (χ0n) is 19.5. The number of ether oxygens (including phenoxy) is 3. The van der Waals surface area contributed by atoms with Gasteiger partial charge in [-0.25, -0.2) is 15.0 Å². The normalized spacial score (nSPS) is 22.3. The van der Waals surface area contributed by atoms with E-state index in [4.69, 9.17) is 14.2 Å². The fourth-order valence-corrected chi connectivity index (χ4v) is 3.55. The second kappa shape index (κ2) is 10.0. The topological polar surface area (TPSA) is 158 Å². The summed E-state index contributed by atoms with van der Waals surface area (Å²) in [5.74, 6) is -0.646. The highest BCUT2D eigenvalue weighted by Gasteiger charge is 2.46. The van der Waals surface area contributed by atoms with E-state index in [1.807, 2.05) is 0 Å². The molecule has 12 nitrogen and oxygen atoms in total. The van der Waals surface area contributed by atoms with Crippen LogP contribution in [-0.2, 0) is 19.0 Å². The van der Waals surface area contributed by atoms with Crippen LogP contribution in [0.5, 0.6) is 0 Å². The Kier molecular flexibility index (Phi) is 7.08. The first-order chi connectivity index (χ1) is 16.7. The summed E-state index contributed by atoms with van der Waals surface area (Å²) in [6.45, 7) is 4.24. The molecule has 4 rings (SSSR count). The molecule has 3 aromatic rings. The number of benzene rings is 1. The van der Waals surface area contributed by atoms with Crippen molar-refractivity contribution in [2.75, 3.05) is 18.7 Å². The first kappa shape index (κ1) is 24.7. The monoisotopic (exact) mass is 485 g/mol. The molecule has 3 N–H and O–H groups in total. The van der Waals surface area contributed by atoms with Gasteiger partial charge in [-0.3, -0.25) is 14.2 Å². The number of nitrogens with one attached hydrogen (secondary N) is 1. The van der Waals surface area contributed by atoms with E-state index in [0.29, 0.717) is 16.7 Å². The molecule has 0 spiro atoms. The maximum Gasteiger partial charge on any atom is 0.313 e. The molecular formula is C23H27N5O7. The molecule has 2 aromatic heterocycles. The molecule has 12 heteroatoms. The molecule has 1 aliphatic heterocycles. The number of aliphatic hydroxyl groups excluding tert-OH is 2. The molecule has 35 heavy (non-hydrogen) atoms. The van der Waals surface area contributed by atoms with Crippen molar-refractivity contribution in [1.82, 2.24) is 19.5 Å². The van der Waals surface area contributed by atoms with E-state index in [1.165, 1.54) is 17.2 Å². The number of hydrogen-bond acceptors (Lipinski definition) is 10. The number of carbonyl (C=O) groups is 2. The van der Waals surface area contributed by atoms with Crippen LogP contribution >= 0.6 is 0 Å². The molecule has 1 amide bonds. The minimum Gasteiger partial charge on any atom is -0.438 e. The van der Waals surface area contributed by atoms with E-state index in [1.54, 1.807) is 51.1 Å². The first-order valence-corrected chi connectivity index (χ1v) is 11.0. The average Bonchev–Trinajstić information content (AvgIpc) is 3.40. The van der Waals surface area contributed by atoms with E-state index < -0.39 is 49.3 Å². The summed E-state index contributed by atoms with van der Waals surface area (Å²) < 4.78 is 18.1. The van der Waals surface area contributed by atoms with Crippen molar-refractivity contribution in [2.45, 2.75) is 45.3 Å². The summed E-state index contributed by atoms with van der Waals surface area (Å²) in [5.41, 5.74) is 0.323. The SMILES string of the molecule is CC(C)(C)C(=O)OCO[C@H]1C(n2cnc3c(NC(=O)c4ccccc4)ncnc32)O[C@H](CO)[C@H]1O. The fourth-order valence-electron chi connectivity index (χ4n) is 3.55. The maximum absolute atomic E-state index is 12.6. The molecule has 0 aliphatic carbocycles. The van der Waals surface area contributed by atoms with Crippen molar-refractivity contribution in [3.63, 3.8) is 0 Å². The molecule has 4 atom stereocenters. The Morgan fingerprint density at radius 1 is 1.17 bits per heavy atom. The lowest BCUT2D eigenvalue weighted by molar-refractivity contribution is -0.179. The molecule has 186 valence electrons. The van der Waals surface area contributed by atoms with Gasteiger partial charge in [0, 0.05) is 5.56 Å². The third kappa shape index (κ3) is 5.15. The third-order valence-electron chi connectivity index (χ3n) is 5.46. The van der Waals surface area contributed by atoms with Crippen molar-refractivity contribution in [3.05, 3.63) is 48.5 Å². The molecule has 3 heterocycles. The summed E-state index contributed by atoms with van der Waals surface area (Å²) in [6, 6.07) is 8.64. The first-order valence-electron chi connectivity index (χ1n) is 11.0. The Balaban J connectivity index is 1.57. The van der Waals surface area contributed by atoms with Crippen molar-refractivity contribution in [2.24, 2.45) is 5.41 Å². The van der Waals surface area contributed by atoms with Crippen LogP contribution in [0.4, 0.5) is 5.82 Å². The van der Waals surface area contributed by atoms with E-state index >= 15 is 0 Å². The lowest BCUT2D eigenvalue weighted by atomic mass is 9.98. The van der Waals surface area contributed by atoms with Crippen molar-refractivity contribution in [1.29, 1.82) is 0 Å². The van der Waals surface area contributed by atoms with Gasteiger partial charge in [0.15, 0.2) is 30.0 Å². The number of aromatic nitrogens is 4. The van der Waals surface area contributed by atoms with Crippen LogP contribution in [0.25, 0.3) is 11.2 Å². The largest absolute Gasteiger partial charge is 0.438 e. The van der Waals surface area contributed by atoms with Gasteiger partial charge in [0.25, 0.3) is 5.91 Å². The van der Waals surface area contributed by atoms with Gasteiger partial charge < -0.3 is 29.7 Å². The van der Waals surface area contributed by atoms with Crippen LogP contribution in [0.1, 0.15) is 37.4 Å². The zero-order valence-corrected chi connectivity index (χ0v) is 19.5. The zero-order chi connectivity index (χ0) is 25.2. The quantitative estimate of drug-likeness (QED) is 0.329. The van der Waals surface area contributed by atoms with Crippen LogP contribution in [-0.4, -0.2) is 73.3 Å². The second-order valence-corrected chi connectivity index (χ2v) is 9.04. The van der Waals surface area contributed by atoms with Gasteiger partial charge in [-0.2, -0.15) is 0 Å². The molecule has 1 unspecified atom stereocenters. The highest BCUT2D eigenvalue weighted by molar-refractivity contribution is 6.06. The molecule has 0 bridgehead atoms. The second-order valence-electron chi connectivity index (χ2n) is 9.04. The van der Waals surface area contributed by atoms with Gasteiger partial charge in [0.2, 0.25) is 0 Å². The molecule has 1 aliphatic rings. The predicted octanol–water partition coefficient (Wildman–Crippen LogP) is 1.26. The van der Waals surface area contributed by atoms with Crippen LogP contribution in [0, 0.1) is 5.41 Å². The van der Waals surface area contributed by atoms with Crippen molar-refractivity contribution < 1.29 is 34.0 Å². The lowest BCUT2D eigenvalue weighted by Crippen LogP contribution is -2.36. The third-order valence-corrected chi connectivity index (χ3v) is 5.46. The van der Waals surface area contributed by atoms with Gasteiger partial charge in [-0.15, -0.1) is 0 Å². The molecule has 0 saturated carbocycles. The number of hydrogen-bond donors (Lipinski definition) is 3. The van der Waals surface area contributed by atoms with Crippen molar-refractivity contribution >= 4 is 28.9 Å². The minimum absolute atomic E-state index is 0.191. The number of nitrogens with zero attached hydrogens (tertiary/aromatic N) is 4. The molecule has 1 aromatic carbocycles. The van der Waals surface area contributed by atoms with Gasteiger partial charge in [0.05, 0.1) is 18.3 Å². The Hall–Kier alpha value is -3.45. The van der Waals surface area contributed by atoms with Gasteiger partial charge >= 0.3 is 5.97 Å². The standard InChI is InChI=1S/C23H27N5O7/c1-23(2,3)22(32)34-12-33-17-16(30)14(9-29)35-21(17)28-11-26-15-18(24-10-25-19(15)28)27-20(31)13-7-5-4-6-8-13/h4-8,10-11,14,16-17,21,29-30H,9,12H2,1-3H3,(H,24,25,27,31)/t14-,16-,17-,21?/m1/s1. The summed E-state index contributed by atoms with van der Waals surface area (Å²) >= 11 is 0. The maximum atomic E-state index is 12.6. The number of esters is 1. The number of carbonyl (C=O) groups excluding carboxylic acids is 2. The number of fused-ring (bicyclic) bond motifs is 1. The smallest absolute Gasteiger partial charge is 0.313 e. The van der Waals surface area contributed by atoms with Crippen LogP contribution in [0.2, 0.25) is 0 Å². The summed E-state index contributed by atoms with van der Waals surface area (Å²) in [5, 5.41) is 23.0. The lowest BCUT2D eigenvalue weighted by Gasteiger charge is -2.23. The predicted molar refractivity (Wildman–Crippen MR) is 122 cm³/mol. The number of rotatable bonds is 7. The Morgan fingerprint density at radius 2 is 1.91 bits per heavy atom. The Labute approximate surface area is 200 Å². The fraction of sp³-hybridized carbons (Fsp3) is 0.435. The average molecular weight is 485 g/mol. The molecule has 1 saturated heterocycles. The Bertz CT molecular complexity index is 1190. The molecular weight excluding hydrogens is 458 g/mol. The number of imidazole rings is 1. The summed E-state index contributed by atoms with van der Waals surface area (Å²) in [7, 11) is 0. The summed E-state index contributed by atoms with van der Waals surface area (Å²) in [4.78, 5) is 37.3. The molecule has 0 radical (unpaired) electrons. The van der Waals surface area contributed by atoms with Crippen molar-refractivity contribution in [3.8, 4) is 0 Å².